The molecule has 76 valence electrons. The lowest BCUT2D eigenvalue weighted by Crippen LogP contribution is -2.15. The van der Waals surface area contributed by atoms with Gasteiger partial charge in [-0.2, -0.15) is 13.2 Å². The molecule has 1 aromatic rings. The monoisotopic (exact) mass is 317 g/mol. The molecule has 0 radical (unpaired) electrons. The molecule has 0 unspecified atom stereocenters. The molecule has 0 aliphatic heterocycles. The van der Waals surface area contributed by atoms with E-state index in [-0.39, 0.29) is 3.57 Å². The van der Waals surface area contributed by atoms with E-state index in [1.807, 2.05) is 0 Å². The average molecular weight is 317 g/mol. The Hall–Kier alpha value is -0.860. The van der Waals surface area contributed by atoms with Gasteiger partial charge in [-0.3, -0.25) is 4.98 Å². The van der Waals surface area contributed by atoms with E-state index in [2.05, 4.69) is 4.98 Å². The molecule has 7 heteroatoms. The van der Waals surface area contributed by atoms with Crippen LogP contribution >= 0.6 is 22.6 Å². The van der Waals surface area contributed by atoms with Crippen LogP contribution in [0.4, 0.5) is 13.2 Å². The highest BCUT2D eigenvalue weighted by molar-refractivity contribution is 14.1. The summed E-state index contributed by atoms with van der Waals surface area (Å²) in [7, 11) is 0. The van der Waals surface area contributed by atoms with Crippen molar-refractivity contribution in [2.45, 2.75) is 6.18 Å². The summed E-state index contributed by atoms with van der Waals surface area (Å²) in [6, 6.07) is 0. The van der Waals surface area contributed by atoms with Gasteiger partial charge in [-0.05, 0) is 22.6 Å². The van der Waals surface area contributed by atoms with Crippen molar-refractivity contribution in [3.63, 3.8) is 0 Å². The van der Waals surface area contributed by atoms with Gasteiger partial charge in [0.25, 0.3) is 0 Å². The number of rotatable bonds is 1. The van der Waals surface area contributed by atoms with E-state index < -0.39 is 23.3 Å². The lowest BCUT2D eigenvalue weighted by molar-refractivity contribution is -0.138. The van der Waals surface area contributed by atoms with Crippen LogP contribution in [0.5, 0.6) is 0 Å². The van der Waals surface area contributed by atoms with Crippen LogP contribution in [0.1, 0.15) is 15.9 Å². The van der Waals surface area contributed by atoms with E-state index >= 15 is 0 Å². The van der Waals surface area contributed by atoms with Crippen molar-refractivity contribution in [2.75, 3.05) is 0 Å². The molecule has 1 aromatic heterocycles. The Morgan fingerprint density at radius 3 is 2.36 bits per heavy atom. The fraction of sp³-hybridized carbons (Fsp3) is 0.143. The minimum atomic E-state index is -4.67. The largest absolute Gasteiger partial charge is 0.478 e. The number of alkyl halides is 3. The van der Waals surface area contributed by atoms with Crippen LogP contribution in [0.15, 0.2) is 12.4 Å². The third-order valence-electron chi connectivity index (χ3n) is 1.41. The number of aromatic carboxylic acids is 1. The van der Waals surface area contributed by atoms with Gasteiger partial charge >= 0.3 is 12.1 Å². The molecule has 1 rings (SSSR count). The minimum Gasteiger partial charge on any atom is -0.478 e. The molecule has 0 aliphatic rings. The SMILES string of the molecule is O=C(O)c1cncc(I)c1C(F)(F)F. The minimum absolute atomic E-state index is 0.227. The molecule has 0 saturated carbocycles. The lowest BCUT2D eigenvalue weighted by Gasteiger charge is -2.10. The molecule has 0 fully saturated rings. The Kier molecular flexibility index (Phi) is 2.98. The second kappa shape index (κ2) is 3.71. The maximum Gasteiger partial charge on any atom is 0.418 e. The fourth-order valence-corrected chi connectivity index (χ4v) is 1.64. The first-order valence-corrected chi connectivity index (χ1v) is 4.36. The number of pyridine rings is 1. The number of carbonyl (C=O) groups is 1. The van der Waals surface area contributed by atoms with E-state index in [1.165, 1.54) is 22.6 Å². The van der Waals surface area contributed by atoms with Crippen LogP contribution in [0, 0.1) is 3.57 Å². The molecule has 0 amide bonds. The highest BCUT2D eigenvalue weighted by Crippen LogP contribution is 2.34. The smallest absolute Gasteiger partial charge is 0.418 e. The van der Waals surface area contributed by atoms with Crippen molar-refractivity contribution in [1.82, 2.24) is 4.98 Å². The number of nitrogens with zero attached hydrogens (tertiary/aromatic N) is 1. The number of carboxylic acids is 1. The van der Waals surface area contributed by atoms with Crippen molar-refractivity contribution < 1.29 is 23.1 Å². The zero-order valence-corrected chi connectivity index (χ0v) is 8.63. The Balaban J connectivity index is 3.45. The summed E-state index contributed by atoms with van der Waals surface area (Å²) in [6.45, 7) is 0. The van der Waals surface area contributed by atoms with Crippen LogP contribution in [-0.4, -0.2) is 16.1 Å². The van der Waals surface area contributed by atoms with Gasteiger partial charge in [0.1, 0.15) is 0 Å². The predicted molar refractivity (Wildman–Crippen MR) is 48.9 cm³/mol. The fourth-order valence-electron chi connectivity index (χ4n) is 0.885. The van der Waals surface area contributed by atoms with Gasteiger partial charge in [-0.25, -0.2) is 4.79 Å². The third kappa shape index (κ3) is 2.14. The van der Waals surface area contributed by atoms with E-state index in [0.717, 1.165) is 6.20 Å². The van der Waals surface area contributed by atoms with Gasteiger partial charge in [0.15, 0.2) is 0 Å². The zero-order chi connectivity index (χ0) is 10.9. The maximum absolute atomic E-state index is 12.4. The molecular weight excluding hydrogens is 314 g/mol. The van der Waals surface area contributed by atoms with Crippen molar-refractivity contribution in [3.8, 4) is 0 Å². The number of hydrogen-bond acceptors (Lipinski definition) is 2. The number of hydrogen-bond donors (Lipinski definition) is 1. The van der Waals surface area contributed by atoms with Crippen LogP contribution < -0.4 is 0 Å². The highest BCUT2D eigenvalue weighted by atomic mass is 127. The number of carboxylic acid groups (broad SMARTS) is 1. The molecule has 3 nitrogen and oxygen atoms in total. The topological polar surface area (TPSA) is 50.2 Å². The van der Waals surface area contributed by atoms with Gasteiger partial charge in [0, 0.05) is 16.0 Å². The Morgan fingerprint density at radius 2 is 2.00 bits per heavy atom. The van der Waals surface area contributed by atoms with Crippen molar-refractivity contribution >= 4 is 28.6 Å². The second-order valence-corrected chi connectivity index (χ2v) is 3.51. The Morgan fingerprint density at radius 1 is 1.43 bits per heavy atom. The third-order valence-corrected chi connectivity index (χ3v) is 2.23. The summed E-state index contributed by atoms with van der Waals surface area (Å²) < 4.78 is 36.9. The molecule has 0 aliphatic carbocycles. The van der Waals surface area contributed by atoms with Gasteiger partial charge in [-0.1, -0.05) is 0 Å². The Labute approximate surface area is 90.1 Å². The average Bonchev–Trinajstić information content (AvgIpc) is 2.01. The van der Waals surface area contributed by atoms with E-state index in [9.17, 15) is 18.0 Å². The molecule has 14 heavy (non-hydrogen) atoms. The normalized spacial score (nSPS) is 11.4. The lowest BCUT2D eigenvalue weighted by atomic mass is 10.1. The van der Waals surface area contributed by atoms with Gasteiger partial charge in [0.2, 0.25) is 0 Å². The molecule has 0 atom stereocenters. The zero-order valence-electron chi connectivity index (χ0n) is 6.47. The molecule has 1 N–H and O–H groups in total. The molecule has 0 bridgehead atoms. The van der Waals surface area contributed by atoms with Gasteiger partial charge in [0.05, 0.1) is 11.1 Å². The quantitative estimate of drug-likeness (QED) is 0.809. The van der Waals surface area contributed by atoms with Crippen LogP contribution in [0.3, 0.4) is 0 Å². The number of aromatic nitrogens is 1. The summed E-state index contributed by atoms with van der Waals surface area (Å²) >= 11 is 1.40. The summed E-state index contributed by atoms with van der Waals surface area (Å²) in [5.41, 5.74) is -1.98. The first kappa shape index (κ1) is 11.2. The molecule has 0 aromatic carbocycles. The molecule has 1 heterocycles. The summed E-state index contributed by atoms with van der Waals surface area (Å²) in [6.07, 6.45) is -3.02. The summed E-state index contributed by atoms with van der Waals surface area (Å²) in [5.74, 6) is -1.64. The van der Waals surface area contributed by atoms with Crippen LogP contribution in [-0.2, 0) is 6.18 Å². The number of halogens is 4. The Bertz CT molecular complexity index is 378. The first-order chi connectivity index (χ1) is 6.34. The van der Waals surface area contributed by atoms with Gasteiger partial charge in [-0.15, -0.1) is 0 Å². The van der Waals surface area contributed by atoms with Crippen molar-refractivity contribution in [1.29, 1.82) is 0 Å². The standard InChI is InChI=1S/C7H3F3INO2/c8-7(9,10)5-3(6(13)14)1-12-2-4(5)11/h1-2H,(H,13,14). The van der Waals surface area contributed by atoms with Crippen molar-refractivity contribution in [3.05, 3.63) is 27.1 Å². The predicted octanol–water partition coefficient (Wildman–Crippen LogP) is 2.40. The molecule has 0 saturated heterocycles. The summed E-state index contributed by atoms with van der Waals surface area (Å²) in [5, 5.41) is 8.51. The van der Waals surface area contributed by atoms with Gasteiger partial charge < -0.3 is 5.11 Å². The summed E-state index contributed by atoms with van der Waals surface area (Å²) in [4.78, 5) is 13.9. The van der Waals surface area contributed by atoms with Crippen molar-refractivity contribution in [2.24, 2.45) is 0 Å². The van der Waals surface area contributed by atoms with E-state index in [1.54, 1.807) is 0 Å². The van der Waals surface area contributed by atoms with Crippen LogP contribution in [0.25, 0.3) is 0 Å². The van der Waals surface area contributed by atoms with E-state index in [0.29, 0.717) is 6.20 Å². The van der Waals surface area contributed by atoms with E-state index in [4.69, 9.17) is 5.11 Å². The van der Waals surface area contributed by atoms with Crippen LogP contribution in [0.2, 0.25) is 0 Å². The highest BCUT2D eigenvalue weighted by Gasteiger charge is 2.37. The molecular formula is C7H3F3INO2. The maximum atomic E-state index is 12.4. The first-order valence-electron chi connectivity index (χ1n) is 3.28. The molecule has 0 spiro atoms. The second-order valence-electron chi connectivity index (χ2n) is 2.35.